The molecule has 0 amide bonds. The Labute approximate surface area is 169 Å². The first-order chi connectivity index (χ1) is 14.0. The molecule has 0 aliphatic rings. The van der Waals surface area contributed by atoms with Gasteiger partial charge in [-0.25, -0.2) is 4.79 Å². The van der Waals surface area contributed by atoms with Crippen molar-refractivity contribution in [1.29, 1.82) is 0 Å². The van der Waals surface area contributed by atoms with E-state index in [1.165, 1.54) is 19.2 Å². The van der Waals surface area contributed by atoms with Crippen molar-refractivity contribution in [1.82, 2.24) is 9.97 Å². The second-order valence-corrected chi connectivity index (χ2v) is 5.76. The molecule has 0 radical (unpaired) electrons. The van der Waals surface area contributed by atoms with Crippen LogP contribution in [-0.2, 0) is 9.63 Å². The molecule has 10 heteroatoms. The van der Waals surface area contributed by atoms with E-state index in [2.05, 4.69) is 20.0 Å². The second-order valence-electron chi connectivity index (χ2n) is 5.36. The monoisotopic (exact) mass is 417 g/mol. The van der Waals surface area contributed by atoms with Gasteiger partial charge in [-0.3, -0.25) is 0 Å². The van der Waals surface area contributed by atoms with Gasteiger partial charge in [-0.15, -0.1) is 0 Å². The van der Waals surface area contributed by atoms with E-state index in [1.807, 2.05) is 0 Å². The molecule has 2 aromatic carbocycles. The van der Waals surface area contributed by atoms with Gasteiger partial charge in [0.05, 0.1) is 10.6 Å². The van der Waals surface area contributed by atoms with E-state index in [9.17, 15) is 14.3 Å². The van der Waals surface area contributed by atoms with Crippen molar-refractivity contribution >= 4 is 23.3 Å². The molecular weight excluding hydrogens is 405 g/mol. The number of para-hydroxylation sites is 2. The lowest BCUT2D eigenvalue weighted by Gasteiger charge is -2.12. The molecule has 1 aromatic heterocycles. The van der Waals surface area contributed by atoms with Crippen LogP contribution < -0.4 is 9.47 Å². The minimum atomic E-state index is -1.35. The predicted octanol–water partition coefficient (Wildman–Crippen LogP) is 4.29. The molecule has 0 aliphatic heterocycles. The molecule has 1 heterocycles. The van der Waals surface area contributed by atoms with Crippen LogP contribution in [0.4, 0.5) is 4.39 Å². The van der Waals surface area contributed by atoms with Crippen LogP contribution in [0.5, 0.6) is 23.3 Å². The normalized spacial score (nSPS) is 11.1. The van der Waals surface area contributed by atoms with Gasteiger partial charge in [-0.2, -0.15) is 14.4 Å². The molecule has 3 rings (SSSR count). The number of carbonyl (C=O) groups is 1. The summed E-state index contributed by atoms with van der Waals surface area (Å²) in [4.78, 5) is 23.5. The number of aromatic nitrogens is 2. The summed E-state index contributed by atoms with van der Waals surface area (Å²) in [7, 11) is 1.20. The molecule has 0 atom stereocenters. The summed E-state index contributed by atoms with van der Waals surface area (Å²) >= 11 is 6.01. The van der Waals surface area contributed by atoms with Gasteiger partial charge in [-0.05, 0) is 24.3 Å². The first-order valence-electron chi connectivity index (χ1n) is 8.05. The maximum absolute atomic E-state index is 14.8. The van der Waals surface area contributed by atoms with Gasteiger partial charge in [0.25, 0.3) is 11.8 Å². The number of carboxylic acid groups (broad SMARTS) is 1. The van der Waals surface area contributed by atoms with Crippen LogP contribution in [0.25, 0.3) is 0 Å². The smallest absolute Gasteiger partial charge is 0.358 e. The average molecular weight is 418 g/mol. The van der Waals surface area contributed by atoms with E-state index in [0.717, 1.165) is 6.33 Å². The number of benzene rings is 2. The van der Waals surface area contributed by atoms with Crippen LogP contribution in [-0.4, -0.2) is 33.9 Å². The quantitative estimate of drug-likeness (QED) is 0.451. The van der Waals surface area contributed by atoms with Gasteiger partial charge in [0.15, 0.2) is 5.71 Å². The maximum Gasteiger partial charge on any atom is 0.358 e. The third-order valence-electron chi connectivity index (χ3n) is 3.50. The lowest BCUT2D eigenvalue weighted by atomic mass is 10.1. The van der Waals surface area contributed by atoms with Gasteiger partial charge in [-0.1, -0.05) is 41.0 Å². The lowest BCUT2D eigenvalue weighted by Crippen LogP contribution is -2.16. The molecule has 0 bridgehead atoms. The fourth-order valence-corrected chi connectivity index (χ4v) is 2.44. The average Bonchev–Trinajstić information content (AvgIpc) is 2.71. The standard InChI is InChI=1S/C19H13ClFN3O5/c1-27-24-16(19(25)26)11-6-2-4-8-13(11)28-17-15(21)18(23-10-22-17)29-14-9-5-3-7-12(14)20/h2-10H,1H3,(H,25,26)/b24-16+. The van der Waals surface area contributed by atoms with Gasteiger partial charge >= 0.3 is 5.97 Å². The van der Waals surface area contributed by atoms with Gasteiger partial charge in [0.1, 0.15) is 24.9 Å². The number of nitrogens with zero attached hydrogens (tertiary/aromatic N) is 3. The first-order valence-corrected chi connectivity index (χ1v) is 8.43. The molecule has 1 N–H and O–H groups in total. The summed E-state index contributed by atoms with van der Waals surface area (Å²) in [6, 6.07) is 12.5. The van der Waals surface area contributed by atoms with E-state index in [-0.39, 0.29) is 22.1 Å². The SMILES string of the molecule is CO/N=C(/C(=O)O)c1ccccc1Oc1ncnc(Oc2ccccc2Cl)c1F. The summed E-state index contributed by atoms with van der Waals surface area (Å²) < 4.78 is 25.7. The molecule has 0 saturated heterocycles. The van der Waals surface area contributed by atoms with Gasteiger partial charge < -0.3 is 19.4 Å². The number of ether oxygens (including phenoxy) is 2. The second kappa shape index (κ2) is 8.98. The molecule has 8 nitrogen and oxygen atoms in total. The summed E-state index contributed by atoms with van der Waals surface area (Å²) in [6.07, 6.45) is 1.04. The van der Waals surface area contributed by atoms with Crippen LogP contribution in [0.3, 0.4) is 0 Å². The van der Waals surface area contributed by atoms with Crippen LogP contribution in [0.1, 0.15) is 5.56 Å². The highest BCUT2D eigenvalue weighted by molar-refractivity contribution is 6.43. The largest absolute Gasteiger partial charge is 0.476 e. The fraction of sp³-hybridized carbons (Fsp3) is 0.0526. The Hall–Kier alpha value is -3.72. The number of rotatable bonds is 7. The Morgan fingerprint density at radius 3 is 2.24 bits per heavy atom. The van der Waals surface area contributed by atoms with Crippen LogP contribution >= 0.6 is 11.6 Å². The Morgan fingerprint density at radius 1 is 1.03 bits per heavy atom. The number of hydrogen-bond acceptors (Lipinski definition) is 7. The predicted molar refractivity (Wildman–Crippen MR) is 101 cm³/mol. The highest BCUT2D eigenvalue weighted by atomic mass is 35.5. The Morgan fingerprint density at radius 2 is 1.62 bits per heavy atom. The lowest BCUT2D eigenvalue weighted by molar-refractivity contribution is -0.129. The number of aliphatic carboxylic acids is 1. The van der Waals surface area contributed by atoms with E-state index >= 15 is 0 Å². The number of oxime groups is 1. The van der Waals surface area contributed by atoms with Crippen molar-refractivity contribution in [3.63, 3.8) is 0 Å². The molecular formula is C19H13ClFN3O5. The zero-order chi connectivity index (χ0) is 20.8. The van der Waals surface area contributed by atoms with Crippen molar-refractivity contribution in [3.05, 3.63) is 71.3 Å². The summed E-state index contributed by atoms with van der Waals surface area (Å²) in [5.41, 5.74) is -0.362. The Kier molecular flexibility index (Phi) is 6.20. The summed E-state index contributed by atoms with van der Waals surface area (Å²) in [6.45, 7) is 0. The maximum atomic E-state index is 14.8. The molecule has 0 unspecified atom stereocenters. The fourth-order valence-electron chi connectivity index (χ4n) is 2.26. The minimum absolute atomic E-state index is 0.00741. The topological polar surface area (TPSA) is 103 Å². The number of hydrogen-bond donors (Lipinski definition) is 1. The molecule has 148 valence electrons. The zero-order valence-electron chi connectivity index (χ0n) is 14.9. The van der Waals surface area contributed by atoms with Crippen LogP contribution in [0.15, 0.2) is 60.0 Å². The minimum Gasteiger partial charge on any atom is -0.476 e. The van der Waals surface area contributed by atoms with E-state index in [1.54, 1.807) is 36.4 Å². The van der Waals surface area contributed by atoms with Crippen molar-refractivity contribution in [3.8, 4) is 23.3 Å². The number of carboxylic acids is 1. The zero-order valence-corrected chi connectivity index (χ0v) is 15.6. The molecule has 29 heavy (non-hydrogen) atoms. The Balaban J connectivity index is 1.95. The Bertz CT molecular complexity index is 1080. The van der Waals surface area contributed by atoms with Crippen LogP contribution in [0.2, 0.25) is 5.02 Å². The molecule has 0 saturated carbocycles. The van der Waals surface area contributed by atoms with Crippen molar-refractivity contribution in [2.24, 2.45) is 5.16 Å². The molecule has 3 aromatic rings. The highest BCUT2D eigenvalue weighted by Gasteiger charge is 2.22. The first kappa shape index (κ1) is 20.0. The van der Waals surface area contributed by atoms with E-state index < -0.39 is 29.3 Å². The summed E-state index contributed by atoms with van der Waals surface area (Å²) in [5.74, 6) is -3.05. The molecule has 0 aliphatic carbocycles. The third kappa shape index (κ3) is 4.58. The van der Waals surface area contributed by atoms with Crippen molar-refractivity contribution in [2.75, 3.05) is 7.11 Å². The third-order valence-corrected chi connectivity index (χ3v) is 3.82. The molecule has 0 fully saturated rings. The number of halogens is 2. The van der Waals surface area contributed by atoms with E-state index in [4.69, 9.17) is 21.1 Å². The highest BCUT2D eigenvalue weighted by Crippen LogP contribution is 2.33. The van der Waals surface area contributed by atoms with Gasteiger partial charge in [0.2, 0.25) is 5.82 Å². The van der Waals surface area contributed by atoms with Crippen molar-refractivity contribution < 1.29 is 28.6 Å². The van der Waals surface area contributed by atoms with E-state index in [0.29, 0.717) is 0 Å². The van der Waals surface area contributed by atoms with Gasteiger partial charge in [0, 0.05) is 0 Å². The van der Waals surface area contributed by atoms with Crippen LogP contribution in [0, 0.1) is 5.82 Å². The summed E-state index contributed by atoms with van der Waals surface area (Å²) in [5, 5.41) is 13.1. The van der Waals surface area contributed by atoms with Crippen molar-refractivity contribution in [2.45, 2.75) is 0 Å². The molecule has 0 spiro atoms.